The zero-order valence-electron chi connectivity index (χ0n) is 15.4. The maximum atomic E-state index is 12.9. The summed E-state index contributed by atoms with van der Waals surface area (Å²) in [6, 6.07) is 9.24. The van der Waals surface area contributed by atoms with Gasteiger partial charge in [0.1, 0.15) is 5.69 Å². The summed E-state index contributed by atoms with van der Waals surface area (Å²) in [4.78, 5) is 38.5. The molecule has 0 saturated heterocycles. The predicted molar refractivity (Wildman–Crippen MR) is 97.4 cm³/mol. The Labute approximate surface area is 152 Å². The summed E-state index contributed by atoms with van der Waals surface area (Å²) in [6.07, 6.45) is 1.43. The molecule has 0 saturated carbocycles. The smallest absolute Gasteiger partial charge is 0.355 e. The number of rotatable bonds is 4. The van der Waals surface area contributed by atoms with Crippen LogP contribution in [0.1, 0.15) is 47.2 Å². The van der Waals surface area contributed by atoms with Crippen LogP contribution in [0.3, 0.4) is 0 Å². The van der Waals surface area contributed by atoms with Crippen molar-refractivity contribution in [2.45, 2.75) is 39.3 Å². The fourth-order valence-corrected chi connectivity index (χ4v) is 3.33. The maximum absolute atomic E-state index is 12.9. The average molecular weight is 354 g/mol. The monoisotopic (exact) mass is 354 g/mol. The molecular weight excluding hydrogens is 332 g/mol. The van der Waals surface area contributed by atoms with Crippen molar-refractivity contribution in [2.24, 2.45) is 7.05 Å². The van der Waals surface area contributed by atoms with Crippen molar-refractivity contribution in [1.82, 2.24) is 4.57 Å². The molecular formula is C20H22N2O4. The summed E-state index contributed by atoms with van der Waals surface area (Å²) in [5, 5.41) is 0. The van der Waals surface area contributed by atoms with Crippen LogP contribution in [0.5, 0.6) is 0 Å². The van der Waals surface area contributed by atoms with Gasteiger partial charge in [0.05, 0.1) is 0 Å². The number of Topliss-reactive ketones (excluding diaryl/α,β-unsaturated/α-hetero) is 1. The van der Waals surface area contributed by atoms with Gasteiger partial charge in [0.15, 0.2) is 11.9 Å². The zero-order valence-corrected chi connectivity index (χ0v) is 15.4. The first-order valence-corrected chi connectivity index (χ1v) is 8.59. The summed E-state index contributed by atoms with van der Waals surface area (Å²) in [6.45, 7) is 4.98. The van der Waals surface area contributed by atoms with E-state index in [-0.39, 0.29) is 23.4 Å². The lowest BCUT2D eigenvalue weighted by Crippen LogP contribution is -2.43. The average Bonchev–Trinajstić information content (AvgIpc) is 3.13. The van der Waals surface area contributed by atoms with Crippen LogP contribution in [0.25, 0.3) is 0 Å². The van der Waals surface area contributed by atoms with E-state index >= 15 is 0 Å². The van der Waals surface area contributed by atoms with E-state index in [1.54, 1.807) is 25.1 Å². The summed E-state index contributed by atoms with van der Waals surface area (Å²) >= 11 is 0. The minimum atomic E-state index is -0.924. The fraction of sp³-hybridized carbons (Fsp3) is 0.350. The second kappa shape index (κ2) is 6.78. The summed E-state index contributed by atoms with van der Waals surface area (Å²) in [5.41, 5.74) is 2.65. The Morgan fingerprint density at radius 3 is 2.58 bits per heavy atom. The van der Waals surface area contributed by atoms with Crippen LogP contribution in [0.15, 0.2) is 36.5 Å². The molecule has 0 radical (unpaired) electrons. The highest BCUT2D eigenvalue weighted by Gasteiger charge is 2.34. The fourth-order valence-electron chi connectivity index (χ4n) is 3.33. The molecule has 2 heterocycles. The number of anilines is 1. The molecule has 0 N–H and O–H groups in total. The molecule has 0 bridgehead atoms. The van der Waals surface area contributed by atoms with E-state index in [0.29, 0.717) is 5.56 Å². The summed E-state index contributed by atoms with van der Waals surface area (Å²) < 4.78 is 6.92. The Morgan fingerprint density at radius 2 is 1.92 bits per heavy atom. The molecule has 0 spiro atoms. The molecule has 3 rings (SSSR count). The molecule has 0 unspecified atom stereocenters. The van der Waals surface area contributed by atoms with E-state index < -0.39 is 12.1 Å². The maximum Gasteiger partial charge on any atom is 0.355 e. The molecule has 1 aliphatic heterocycles. The number of carbonyl (C=O) groups excluding carboxylic acids is 3. The number of ether oxygens (including phenoxy) is 1. The van der Waals surface area contributed by atoms with Crippen LogP contribution in [0, 0.1) is 0 Å². The van der Waals surface area contributed by atoms with Gasteiger partial charge < -0.3 is 14.2 Å². The second-order valence-corrected chi connectivity index (χ2v) is 6.72. The Hall–Kier alpha value is -2.89. The molecule has 6 heteroatoms. The number of fused-ring (bicyclic) bond motifs is 1. The number of aryl methyl sites for hydroxylation is 1. The topological polar surface area (TPSA) is 68.6 Å². The third-order valence-corrected chi connectivity index (χ3v) is 4.70. The lowest BCUT2D eigenvalue weighted by Gasteiger charge is -2.25. The van der Waals surface area contributed by atoms with Crippen molar-refractivity contribution in [2.75, 3.05) is 4.90 Å². The van der Waals surface area contributed by atoms with Crippen molar-refractivity contribution < 1.29 is 19.1 Å². The van der Waals surface area contributed by atoms with Crippen LogP contribution < -0.4 is 4.90 Å². The largest absolute Gasteiger partial charge is 0.448 e. The van der Waals surface area contributed by atoms with Crippen molar-refractivity contribution in [3.63, 3.8) is 0 Å². The molecule has 1 aromatic carbocycles. The first-order chi connectivity index (χ1) is 12.3. The molecule has 2 atom stereocenters. The van der Waals surface area contributed by atoms with Gasteiger partial charge in [-0.3, -0.25) is 9.59 Å². The highest BCUT2D eigenvalue weighted by atomic mass is 16.5. The number of hydrogen-bond acceptors (Lipinski definition) is 4. The molecule has 136 valence electrons. The third-order valence-electron chi connectivity index (χ3n) is 4.70. The van der Waals surface area contributed by atoms with E-state index in [2.05, 4.69) is 0 Å². The molecule has 1 aromatic heterocycles. The molecule has 1 amide bonds. The highest BCUT2D eigenvalue weighted by molar-refractivity contribution is 6.01. The number of nitrogens with zero attached hydrogens (tertiary/aromatic N) is 2. The Kier molecular flexibility index (Phi) is 4.68. The Morgan fingerprint density at radius 1 is 1.23 bits per heavy atom. The van der Waals surface area contributed by atoms with Gasteiger partial charge in [0, 0.05) is 30.5 Å². The van der Waals surface area contributed by atoms with Crippen molar-refractivity contribution in [1.29, 1.82) is 0 Å². The van der Waals surface area contributed by atoms with Gasteiger partial charge in [0.25, 0.3) is 5.91 Å². The van der Waals surface area contributed by atoms with E-state index in [0.717, 1.165) is 17.7 Å². The molecule has 6 nitrogen and oxygen atoms in total. The quantitative estimate of drug-likeness (QED) is 0.625. The van der Waals surface area contributed by atoms with Gasteiger partial charge in [-0.2, -0.15) is 0 Å². The Balaban J connectivity index is 1.76. The lowest BCUT2D eigenvalue weighted by molar-refractivity contribution is -0.126. The standard InChI is InChI=1S/C20H22N2O4/c1-12-9-15-7-5-6-8-17(15)22(12)19(24)14(3)26-20(25)18-10-16(13(2)23)11-21(18)4/h5-8,10-12,14H,9H2,1-4H3/t12-,14+/m1/s1. The Bertz CT molecular complexity index is 884. The number of benzene rings is 1. The van der Waals surface area contributed by atoms with Gasteiger partial charge in [-0.05, 0) is 44.9 Å². The van der Waals surface area contributed by atoms with Crippen LogP contribution in [-0.2, 0) is 23.0 Å². The van der Waals surface area contributed by atoms with Gasteiger partial charge in [0.2, 0.25) is 0 Å². The SMILES string of the molecule is CC(=O)c1cc(C(=O)O[C@@H](C)C(=O)N2c3ccccc3C[C@H]2C)n(C)c1. The van der Waals surface area contributed by atoms with E-state index in [1.165, 1.54) is 17.6 Å². The summed E-state index contributed by atoms with van der Waals surface area (Å²) in [7, 11) is 1.66. The first kappa shape index (κ1) is 17.9. The highest BCUT2D eigenvalue weighted by Crippen LogP contribution is 2.32. The third kappa shape index (κ3) is 3.14. The molecule has 0 fully saturated rings. The number of hydrogen-bond donors (Lipinski definition) is 0. The van der Waals surface area contributed by atoms with Crippen molar-refractivity contribution in [3.05, 3.63) is 53.3 Å². The number of aromatic nitrogens is 1. The number of ketones is 1. The minimum absolute atomic E-state index is 0.0143. The molecule has 1 aliphatic rings. The molecule has 2 aromatic rings. The zero-order chi connectivity index (χ0) is 19.0. The predicted octanol–water partition coefficient (Wildman–Crippen LogP) is 2.75. The van der Waals surface area contributed by atoms with E-state index in [9.17, 15) is 14.4 Å². The van der Waals surface area contributed by atoms with Gasteiger partial charge in [-0.25, -0.2) is 4.79 Å². The number of para-hydroxylation sites is 1. The molecule has 26 heavy (non-hydrogen) atoms. The number of amides is 1. The van der Waals surface area contributed by atoms with Gasteiger partial charge >= 0.3 is 5.97 Å². The first-order valence-electron chi connectivity index (χ1n) is 8.59. The van der Waals surface area contributed by atoms with Crippen LogP contribution in [0.4, 0.5) is 5.69 Å². The van der Waals surface area contributed by atoms with Crippen molar-refractivity contribution in [3.8, 4) is 0 Å². The van der Waals surface area contributed by atoms with Crippen LogP contribution in [-0.4, -0.2) is 34.4 Å². The molecule has 0 aliphatic carbocycles. The van der Waals surface area contributed by atoms with E-state index in [4.69, 9.17) is 4.74 Å². The van der Waals surface area contributed by atoms with Gasteiger partial charge in [-0.1, -0.05) is 18.2 Å². The van der Waals surface area contributed by atoms with Gasteiger partial charge in [-0.15, -0.1) is 0 Å². The number of carbonyl (C=O) groups is 3. The number of esters is 1. The minimum Gasteiger partial charge on any atom is -0.448 e. The normalized spacial score (nSPS) is 16.9. The van der Waals surface area contributed by atoms with Crippen LogP contribution >= 0.6 is 0 Å². The van der Waals surface area contributed by atoms with Crippen molar-refractivity contribution >= 4 is 23.3 Å². The lowest BCUT2D eigenvalue weighted by atomic mass is 10.1. The summed E-state index contributed by atoms with van der Waals surface area (Å²) in [5.74, 6) is -1.01. The van der Waals surface area contributed by atoms with E-state index in [1.807, 2.05) is 31.2 Å². The second-order valence-electron chi connectivity index (χ2n) is 6.72. The van der Waals surface area contributed by atoms with Crippen LogP contribution in [0.2, 0.25) is 0 Å².